The second-order valence-corrected chi connectivity index (χ2v) is 4.45. The first kappa shape index (κ1) is 13.2. The number of halogens is 3. The summed E-state index contributed by atoms with van der Waals surface area (Å²) in [4.78, 5) is 15.1. The molecule has 1 amide bonds. The van der Waals surface area contributed by atoms with Crippen molar-refractivity contribution < 1.29 is 18.0 Å². The van der Waals surface area contributed by atoms with Crippen LogP contribution in [0.4, 0.5) is 18.9 Å². The molecule has 3 nitrogen and oxygen atoms in total. The number of amides is 1. The minimum Gasteiger partial charge on any atom is -0.361 e. The normalized spacial score (nSPS) is 10.8. The van der Waals surface area contributed by atoms with E-state index < -0.39 is 29.0 Å². The summed E-state index contributed by atoms with van der Waals surface area (Å²) >= 11 is 0. The first-order valence-electron chi connectivity index (χ1n) is 6.08. The standard InChI is InChI=1S/C15H9F3N2O/c16-8-6-11(17)14(18)13(7-8)20-15(21)10-2-1-3-12-9(10)4-5-19-12/h1-7,19H,(H,20,21). The molecule has 0 fully saturated rings. The third-order valence-corrected chi connectivity index (χ3v) is 3.08. The highest BCUT2D eigenvalue weighted by molar-refractivity contribution is 6.12. The SMILES string of the molecule is O=C(Nc1cc(F)cc(F)c1F)c1cccc2[nH]ccc12. The van der Waals surface area contributed by atoms with Gasteiger partial charge in [-0.3, -0.25) is 4.79 Å². The summed E-state index contributed by atoms with van der Waals surface area (Å²) in [5.74, 6) is -4.27. The highest BCUT2D eigenvalue weighted by atomic mass is 19.2. The lowest BCUT2D eigenvalue weighted by atomic mass is 10.1. The average molecular weight is 290 g/mol. The van der Waals surface area contributed by atoms with Crippen LogP contribution in [0.15, 0.2) is 42.6 Å². The quantitative estimate of drug-likeness (QED) is 0.692. The summed E-state index contributed by atoms with van der Waals surface area (Å²) in [5.41, 5.74) is 0.469. The van der Waals surface area contributed by atoms with Crippen LogP contribution in [0.3, 0.4) is 0 Å². The molecule has 0 radical (unpaired) electrons. The molecule has 2 N–H and O–H groups in total. The Morgan fingerprint density at radius 1 is 1.10 bits per heavy atom. The molecular weight excluding hydrogens is 281 g/mol. The van der Waals surface area contributed by atoms with Gasteiger partial charge in [0.1, 0.15) is 5.82 Å². The average Bonchev–Trinajstić information content (AvgIpc) is 2.92. The molecule has 0 aliphatic heterocycles. The Morgan fingerprint density at radius 2 is 1.90 bits per heavy atom. The van der Waals surface area contributed by atoms with Gasteiger partial charge in [-0.15, -0.1) is 0 Å². The molecule has 0 aliphatic rings. The van der Waals surface area contributed by atoms with Crippen molar-refractivity contribution in [3.05, 3.63) is 65.6 Å². The Hall–Kier alpha value is -2.76. The molecule has 0 unspecified atom stereocenters. The Bertz CT molecular complexity index is 842. The van der Waals surface area contributed by atoms with E-state index in [0.29, 0.717) is 11.5 Å². The molecule has 1 aromatic heterocycles. The fourth-order valence-electron chi connectivity index (χ4n) is 2.12. The van der Waals surface area contributed by atoms with E-state index in [-0.39, 0.29) is 5.56 Å². The van der Waals surface area contributed by atoms with Crippen molar-refractivity contribution in [2.75, 3.05) is 5.32 Å². The van der Waals surface area contributed by atoms with Gasteiger partial charge in [-0.05, 0) is 18.2 Å². The first-order chi connectivity index (χ1) is 10.1. The van der Waals surface area contributed by atoms with Gasteiger partial charge in [0.25, 0.3) is 5.91 Å². The van der Waals surface area contributed by atoms with Crippen LogP contribution in [0.2, 0.25) is 0 Å². The highest BCUT2D eigenvalue weighted by Gasteiger charge is 2.16. The zero-order valence-corrected chi connectivity index (χ0v) is 10.6. The highest BCUT2D eigenvalue weighted by Crippen LogP contribution is 2.22. The van der Waals surface area contributed by atoms with E-state index in [2.05, 4.69) is 10.3 Å². The molecule has 2 aromatic carbocycles. The lowest BCUT2D eigenvalue weighted by Crippen LogP contribution is -2.14. The lowest BCUT2D eigenvalue weighted by Gasteiger charge is -2.08. The van der Waals surface area contributed by atoms with Gasteiger partial charge in [-0.1, -0.05) is 6.07 Å². The minimum atomic E-state index is -1.36. The van der Waals surface area contributed by atoms with Crippen LogP contribution in [-0.2, 0) is 0 Å². The number of carbonyl (C=O) groups is 1. The Morgan fingerprint density at radius 3 is 2.71 bits per heavy atom. The van der Waals surface area contributed by atoms with Gasteiger partial charge in [-0.25, -0.2) is 13.2 Å². The summed E-state index contributed by atoms with van der Waals surface area (Å²) in [6, 6.07) is 7.79. The number of benzene rings is 2. The van der Waals surface area contributed by atoms with Crippen LogP contribution in [0.25, 0.3) is 10.9 Å². The fourth-order valence-corrected chi connectivity index (χ4v) is 2.12. The van der Waals surface area contributed by atoms with Crippen molar-refractivity contribution in [1.29, 1.82) is 0 Å². The zero-order valence-electron chi connectivity index (χ0n) is 10.6. The smallest absolute Gasteiger partial charge is 0.256 e. The number of nitrogens with one attached hydrogen (secondary N) is 2. The molecule has 0 bridgehead atoms. The second kappa shape index (κ2) is 4.97. The van der Waals surface area contributed by atoms with Crippen LogP contribution in [0, 0.1) is 17.5 Å². The number of carbonyl (C=O) groups excluding carboxylic acids is 1. The molecule has 1 heterocycles. The number of fused-ring (bicyclic) bond motifs is 1. The van der Waals surface area contributed by atoms with Gasteiger partial charge in [0, 0.05) is 34.8 Å². The van der Waals surface area contributed by atoms with E-state index in [0.717, 1.165) is 11.6 Å². The molecular formula is C15H9F3N2O. The number of anilines is 1. The molecule has 0 saturated carbocycles. The number of aromatic nitrogens is 1. The maximum absolute atomic E-state index is 13.5. The van der Waals surface area contributed by atoms with E-state index in [1.165, 1.54) is 0 Å². The van der Waals surface area contributed by atoms with Crippen molar-refractivity contribution in [3.8, 4) is 0 Å². The van der Waals surface area contributed by atoms with Gasteiger partial charge in [0.2, 0.25) is 0 Å². The predicted molar refractivity (Wildman–Crippen MR) is 72.6 cm³/mol. The van der Waals surface area contributed by atoms with Gasteiger partial charge in [0.15, 0.2) is 11.6 Å². The van der Waals surface area contributed by atoms with Gasteiger partial charge in [-0.2, -0.15) is 0 Å². The number of rotatable bonds is 2. The predicted octanol–water partition coefficient (Wildman–Crippen LogP) is 3.84. The monoisotopic (exact) mass is 290 g/mol. The summed E-state index contributed by atoms with van der Waals surface area (Å²) in [5, 5.41) is 2.81. The van der Waals surface area contributed by atoms with Crippen molar-refractivity contribution in [2.45, 2.75) is 0 Å². The second-order valence-electron chi connectivity index (χ2n) is 4.45. The zero-order chi connectivity index (χ0) is 15.0. The number of H-pyrrole nitrogens is 1. The number of hydrogen-bond donors (Lipinski definition) is 2. The van der Waals surface area contributed by atoms with Crippen molar-refractivity contribution in [2.24, 2.45) is 0 Å². The van der Waals surface area contributed by atoms with Gasteiger partial charge >= 0.3 is 0 Å². The first-order valence-corrected chi connectivity index (χ1v) is 6.08. The van der Waals surface area contributed by atoms with Crippen LogP contribution < -0.4 is 5.32 Å². The molecule has 3 aromatic rings. The van der Waals surface area contributed by atoms with Crippen molar-refractivity contribution >= 4 is 22.5 Å². The maximum Gasteiger partial charge on any atom is 0.256 e. The summed E-state index contributed by atoms with van der Waals surface area (Å²) < 4.78 is 39.8. The van der Waals surface area contributed by atoms with E-state index in [1.807, 2.05) is 0 Å². The fraction of sp³-hybridized carbons (Fsp3) is 0. The summed E-state index contributed by atoms with van der Waals surface area (Å²) in [6.07, 6.45) is 1.66. The van der Waals surface area contributed by atoms with E-state index in [9.17, 15) is 18.0 Å². The van der Waals surface area contributed by atoms with Gasteiger partial charge < -0.3 is 10.3 Å². The molecule has 0 spiro atoms. The van der Waals surface area contributed by atoms with Crippen molar-refractivity contribution in [1.82, 2.24) is 4.98 Å². The molecule has 106 valence electrons. The number of aromatic amines is 1. The van der Waals surface area contributed by atoms with Crippen LogP contribution >= 0.6 is 0 Å². The molecule has 0 saturated heterocycles. The van der Waals surface area contributed by atoms with E-state index in [1.54, 1.807) is 30.5 Å². The van der Waals surface area contributed by atoms with Crippen LogP contribution in [-0.4, -0.2) is 10.9 Å². The summed E-state index contributed by atoms with van der Waals surface area (Å²) in [6.45, 7) is 0. The third-order valence-electron chi connectivity index (χ3n) is 3.08. The lowest BCUT2D eigenvalue weighted by molar-refractivity contribution is 0.102. The minimum absolute atomic E-state index is 0.276. The van der Waals surface area contributed by atoms with Crippen molar-refractivity contribution in [3.63, 3.8) is 0 Å². The maximum atomic E-state index is 13.5. The van der Waals surface area contributed by atoms with Crippen LogP contribution in [0.1, 0.15) is 10.4 Å². The molecule has 0 atom stereocenters. The van der Waals surface area contributed by atoms with E-state index >= 15 is 0 Å². The largest absolute Gasteiger partial charge is 0.361 e. The molecule has 0 aliphatic carbocycles. The Kier molecular flexibility index (Phi) is 3.13. The summed E-state index contributed by atoms with van der Waals surface area (Å²) in [7, 11) is 0. The third kappa shape index (κ3) is 2.35. The van der Waals surface area contributed by atoms with Crippen LogP contribution in [0.5, 0.6) is 0 Å². The van der Waals surface area contributed by atoms with E-state index in [4.69, 9.17) is 0 Å². The Labute approximate surface area is 117 Å². The Balaban J connectivity index is 1.99. The topological polar surface area (TPSA) is 44.9 Å². The molecule has 6 heteroatoms. The molecule has 21 heavy (non-hydrogen) atoms. The van der Waals surface area contributed by atoms with Gasteiger partial charge in [0.05, 0.1) is 5.69 Å². The number of hydrogen-bond acceptors (Lipinski definition) is 1. The molecule has 3 rings (SSSR count).